The fourth-order valence-corrected chi connectivity index (χ4v) is 7.69. The molecule has 0 radical (unpaired) electrons. The number of likely N-dealkylation sites (N-methyl/N-ethyl adjacent to an activating group) is 1. The van der Waals surface area contributed by atoms with Gasteiger partial charge in [-0.1, -0.05) is 198 Å². The number of amides is 1. The molecule has 9 heteroatoms. The van der Waals surface area contributed by atoms with Crippen LogP contribution in [-0.4, -0.2) is 73.4 Å². The van der Waals surface area contributed by atoms with Crippen molar-refractivity contribution in [2.45, 2.75) is 231 Å². The zero-order valence-electron chi connectivity index (χ0n) is 38.8. The number of aliphatic hydroxyl groups is 1. The van der Waals surface area contributed by atoms with Crippen LogP contribution in [0.25, 0.3) is 0 Å². The fraction of sp³-hybridized carbons (Fsp3) is 0.857. The first-order valence-electron chi connectivity index (χ1n) is 24.4. The third kappa shape index (κ3) is 42.8. The molecule has 1 amide bonds. The van der Waals surface area contributed by atoms with E-state index in [0.29, 0.717) is 17.4 Å². The van der Waals surface area contributed by atoms with Gasteiger partial charge in [0.15, 0.2) is 0 Å². The van der Waals surface area contributed by atoms with Gasteiger partial charge in [0.05, 0.1) is 39.9 Å². The molecular weight excluding hydrogens is 744 g/mol. The molecule has 0 rings (SSSR count). The highest BCUT2D eigenvalue weighted by Crippen LogP contribution is 2.43. The monoisotopic (exact) mass is 840 g/mol. The fourth-order valence-electron chi connectivity index (χ4n) is 6.95. The Hall–Kier alpha value is -1.28. The normalized spacial score (nSPS) is 14.5. The van der Waals surface area contributed by atoms with Gasteiger partial charge in [-0.3, -0.25) is 13.8 Å². The Morgan fingerprint density at radius 1 is 0.586 bits per heavy atom. The number of nitrogens with one attached hydrogen (secondary N) is 1. The number of rotatable bonds is 44. The maximum Gasteiger partial charge on any atom is 0.472 e. The summed E-state index contributed by atoms with van der Waals surface area (Å²) in [6.07, 6.45) is 50.7. The number of unbranched alkanes of at least 4 members (excludes halogenated alkanes) is 27. The minimum atomic E-state index is -4.34. The summed E-state index contributed by atoms with van der Waals surface area (Å²) >= 11 is 0. The van der Waals surface area contributed by atoms with Crippen molar-refractivity contribution < 1.29 is 32.9 Å². The van der Waals surface area contributed by atoms with Crippen LogP contribution in [-0.2, 0) is 18.4 Å². The smallest absolute Gasteiger partial charge is 0.387 e. The van der Waals surface area contributed by atoms with E-state index in [1.54, 1.807) is 6.08 Å². The summed E-state index contributed by atoms with van der Waals surface area (Å²) in [5.41, 5.74) is 0. The molecule has 0 aliphatic heterocycles. The molecule has 3 N–H and O–H groups in total. The number of carbonyl (C=O) groups excluding carboxylic acids is 1. The van der Waals surface area contributed by atoms with Crippen molar-refractivity contribution in [3.05, 3.63) is 36.5 Å². The predicted molar refractivity (Wildman–Crippen MR) is 249 cm³/mol. The van der Waals surface area contributed by atoms with Crippen molar-refractivity contribution in [2.24, 2.45) is 0 Å². The molecule has 58 heavy (non-hydrogen) atoms. The summed E-state index contributed by atoms with van der Waals surface area (Å²) < 4.78 is 23.6. The number of quaternary nitrogens is 1. The zero-order chi connectivity index (χ0) is 42.8. The lowest BCUT2D eigenvalue weighted by Crippen LogP contribution is -2.45. The van der Waals surface area contributed by atoms with E-state index in [1.165, 1.54) is 154 Å². The topological polar surface area (TPSA) is 105 Å². The Bertz CT molecular complexity index is 1040. The summed E-state index contributed by atoms with van der Waals surface area (Å²) in [6, 6.07) is -0.845. The number of allylic oxidation sites excluding steroid dienone is 5. The Kier molecular flexibility index (Phi) is 40.2. The molecular formula is C49H96N2O6P+. The van der Waals surface area contributed by atoms with E-state index in [-0.39, 0.29) is 19.1 Å². The summed E-state index contributed by atoms with van der Waals surface area (Å²) in [5.74, 6) is -0.180. The van der Waals surface area contributed by atoms with Crippen molar-refractivity contribution in [3.8, 4) is 0 Å². The lowest BCUT2D eigenvalue weighted by molar-refractivity contribution is -0.870. The maximum atomic E-state index is 12.9. The third-order valence-electron chi connectivity index (χ3n) is 10.9. The molecule has 8 nitrogen and oxygen atoms in total. The molecule has 342 valence electrons. The second-order valence-electron chi connectivity index (χ2n) is 17.8. The SMILES string of the molecule is CCCCCCC/C=C\C/C=C\CCCCCCCCCCCCCC(=O)NC(COP(=O)(O)OCC[N+](C)(C)C)C(O)/C=C/CCCCCCCCCCCCC. The summed E-state index contributed by atoms with van der Waals surface area (Å²) in [7, 11) is 1.57. The molecule has 0 heterocycles. The Labute approximate surface area is 359 Å². The maximum absolute atomic E-state index is 12.9. The standard InChI is InChI=1S/C49H95N2O6P/c1-6-8-10-12-14-16-18-20-21-22-23-24-25-26-27-28-29-31-33-35-37-39-41-43-49(53)50-47(46-57-58(54,55)56-45-44-51(3,4)5)48(52)42-40-38-36-34-32-30-19-17-15-13-11-9-7-2/h18,20,22-23,40,42,47-48,52H,6-17,19,21,24-39,41,43-46H2,1-5H3,(H-,50,53,54,55)/p+1/b20-18-,23-22-,42-40+. The highest BCUT2D eigenvalue weighted by Gasteiger charge is 2.27. The Morgan fingerprint density at radius 2 is 0.983 bits per heavy atom. The first-order valence-corrected chi connectivity index (χ1v) is 25.9. The zero-order valence-corrected chi connectivity index (χ0v) is 39.7. The second-order valence-corrected chi connectivity index (χ2v) is 19.3. The van der Waals surface area contributed by atoms with Gasteiger partial charge in [-0.05, 0) is 51.4 Å². The molecule has 0 bridgehead atoms. The van der Waals surface area contributed by atoms with Crippen LogP contribution in [0.1, 0.15) is 219 Å². The lowest BCUT2D eigenvalue weighted by Gasteiger charge is -2.25. The molecule has 0 aromatic heterocycles. The van der Waals surface area contributed by atoms with Crippen LogP contribution in [0, 0.1) is 0 Å². The van der Waals surface area contributed by atoms with E-state index in [1.807, 2.05) is 27.2 Å². The number of phosphoric acid groups is 1. The van der Waals surface area contributed by atoms with E-state index in [2.05, 4.69) is 43.5 Å². The average molecular weight is 840 g/mol. The molecule has 0 aliphatic rings. The minimum absolute atomic E-state index is 0.0612. The van der Waals surface area contributed by atoms with Gasteiger partial charge in [-0.25, -0.2) is 4.57 Å². The molecule has 0 spiro atoms. The van der Waals surface area contributed by atoms with Gasteiger partial charge in [0.1, 0.15) is 13.2 Å². The number of nitrogens with zero attached hydrogens (tertiary/aromatic N) is 1. The van der Waals surface area contributed by atoms with Crippen LogP contribution in [0.5, 0.6) is 0 Å². The van der Waals surface area contributed by atoms with E-state index < -0.39 is 20.0 Å². The van der Waals surface area contributed by atoms with E-state index in [4.69, 9.17) is 9.05 Å². The highest BCUT2D eigenvalue weighted by atomic mass is 31.2. The molecule has 3 unspecified atom stereocenters. The first-order chi connectivity index (χ1) is 28.0. The molecule has 0 aliphatic carbocycles. The number of hydrogen-bond donors (Lipinski definition) is 3. The molecule has 0 fully saturated rings. The predicted octanol–water partition coefficient (Wildman–Crippen LogP) is 13.9. The van der Waals surface area contributed by atoms with Gasteiger partial charge in [0.2, 0.25) is 5.91 Å². The van der Waals surface area contributed by atoms with Gasteiger partial charge in [0.25, 0.3) is 0 Å². The van der Waals surface area contributed by atoms with Crippen LogP contribution in [0.2, 0.25) is 0 Å². The van der Waals surface area contributed by atoms with Crippen LogP contribution >= 0.6 is 7.82 Å². The third-order valence-corrected chi connectivity index (χ3v) is 11.8. The van der Waals surface area contributed by atoms with Crippen LogP contribution in [0.4, 0.5) is 0 Å². The quantitative estimate of drug-likeness (QED) is 0.0244. The van der Waals surface area contributed by atoms with Gasteiger partial charge in [-0.2, -0.15) is 0 Å². The number of aliphatic hydroxyl groups excluding tert-OH is 1. The van der Waals surface area contributed by atoms with Crippen molar-refractivity contribution in [1.29, 1.82) is 0 Å². The lowest BCUT2D eigenvalue weighted by atomic mass is 10.0. The molecule has 3 atom stereocenters. The van der Waals surface area contributed by atoms with Crippen molar-refractivity contribution in [1.82, 2.24) is 5.32 Å². The molecule has 0 aromatic rings. The number of carbonyl (C=O) groups is 1. The molecule has 0 saturated carbocycles. The van der Waals surface area contributed by atoms with Crippen molar-refractivity contribution >= 4 is 13.7 Å². The van der Waals surface area contributed by atoms with Crippen molar-refractivity contribution in [2.75, 3.05) is 40.9 Å². The van der Waals surface area contributed by atoms with E-state index in [0.717, 1.165) is 44.9 Å². The second kappa shape index (κ2) is 41.1. The average Bonchev–Trinajstić information content (AvgIpc) is 3.17. The first kappa shape index (κ1) is 56.7. The molecule has 0 aromatic carbocycles. The largest absolute Gasteiger partial charge is 0.472 e. The summed E-state index contributed by atoms with van der Waals surface area (Å²) in [6.45, 7) is 4.80. The molecule has 0 saturated heterocycles. The van der Waals surface area contributed by atoms with Gasteiger partial charge >= 0.3 is 7.82 Å². The van der Waals surface area contributed by atoms with Gasteiger partial charge in [0, 0.05) is 6.42 Å². The summed E-state index contributed by atoms with van der Waals surface area (Å²) in [4.78, 5) is 23.2. The van der Waals surface area contributed by atoms with Crippen molar-refractivity contribution in [3.63, 3.8) is 0 Å². The van der Waals surface area contributed by atoms with Gasteiger partial charge in [-0.15, -0.1) is 0 Å². The van der Waals surface area contributed by atoms with E-state index in [9.17, 15) is 19.4 Å². The van der Waals surface area contributed by atoms with E-state index >= 15 is 0 Å². The van der Waals surface area contributed by atoms with Crippen LogP contribution in [0.15, 0.2) is 36.5 Å². The Balaban J connectivity index is 4.27. The minimum Gasteiger partial charge on any atom is -0.387 e. The number of phosphoric ester groups is 1. The Morgan fingerprint density at radius 3 is 1.41 bits per heavy atom. The van der Waals surface area contributed by atoms with Gasteiger partial charge < -0.3 is 19.8 Å². The van der Waals surface area contributed by atoms with Crippen LogP contribution < -0.4 is 5.32 Å². The number of hydrogen-bond acceptors (Lipinski definition) is 5. The summed E-state index contributed by atoms with van der Waals surface area (Å²) in [5, 5.41) is 13.8. The van der Waals surface area contributed by atoms with Crippen LogP contribution in [0.3, 0.4) is 0 Å². The highest BCUT2D eigenvalue weighted by molar-refractivity contribution is 7.47.